The molecule has 0 aromatic rings. The van der Waals surface area contributed by atoms with Crippen molar-refractivity contribution in [2.24, 2.45) is 4.99 Å². The first-order valence-electron chi connectivity index (χ1n) is 5.74. The largest absolute Gasteiger partial charge is 0.406 e. The van der Waals surface area contributed by atoms with E-state index in [9.17, 15) is 18.0 Å². The van der Waals surface area contributed by atoms with E-state index < -0.39 is 18.6 Å². The summed E-state index contributed by atoms with van der Waals surface area (Å²) in [5.74, 6) is -0.296. The van der Waals surface area contributed by atoms with Crippen LogP contribution in [0.3, 0.4) is 0 Å². The van der Waals surface area contributed by atoms with Crippen molar-refractivity contribution in [2.75, 3.05) is 27.2 Å². The topological polar surface area (TPSA) is 56.7 Å². The number of amides is 1. The Morgan fingerprint density at radius 3 is 2.10 bits per heavy atom. The van der Waals surface area contributed by atoms with E-state index in [2.05, 4.69) is 15.6 Å². The second-order valence-corrected chi connectivity index (χ2v) is 5.17. The van der Waals surface area contributed by atoms with Crippen LogP contribution in [0.5, 0.6) is 0 Å². The highest BCUT2D eigenvalue weighted by Crippen LogP contribution is 2.15. The van der Waals surface area contributed by atoms with Crippen molar-refractivity contribution in [3.63, 3.8) is 0 Å². The zero-order valence-corrected chi connectivity index (χ0v) is 14.6. The van der Waals surface area contributed by atoms with Crippen LogP contribution >= 0.6 is 24.0 Å². The lowest BCUT2D eigenvalue weighted by atomic mass is 10.1. The maximum Gasteiger partial charge on any atom is 0.406 e. The smallest absolute Gasteiger partial charge is 0.352 e. The summed E-state index contributed by atoms with van der Waals surface area (Å²) in [7, 11) is 2.63. The van der Waals surface area contributed by atoms with Gasteiger partial charge in [-0.3, -0.25) is 9.79 Å². The fraction of sp³-hybridized carbons (Fsp3) is 0.818. The van der Waals surface area contributed by atoms with Gasteiger partial charge in [0, 0.05) is 19.6 Å². The summed E-state index contributed by atoms with van der Waals surface area (Å²) < 4.78 is 36.3. The minimum absolute atomic E-state index is 0. The van der Waals surface area contributed by atoms with Crippen LogP contribution in [0.4, 0.5) is 13.2 Å². The Labute approximate surface area is 134 Å². The number of aliphatic imine (C=N–C) groups is 1. The molecule has 0 spiro atoms. The third-order valence-electron chi connectivity index (χ3n) is 1.97. The number of rotatable bonds is 3. The first kappa shape index (κ1) is 21.6. The van der Waals surface area contributed by atoms with Crippen LogP contribution in [0.15, 0.2) is 4.99 Å². The Bertz CT molecular complexity index is 340. The normalized spacial score (nSPS) is 12.5. The van der Waals surface area contributed by atoms with Gasteiger partial charge in [0.15, 0.2) is 5.96 Å². The Morgan fingerprint density at radius 2 is 1.75 bits per heavy atom. The van der Waals surface area contributed by atoms with Crippen LogP contribution in [-0.2, 0) is 4.79 Å². The first-order valence-corrected chi connectivity index (χ1v) is 5.74. The van der Waals surface area contributed by atoms with E-state index in [0.29, 0.717) is 10.9 Å². The van der Waals surface area contributed by atoms with Crippen LogP contribution in [-0.4, -0.2) is 55.7 Å². The number of guanidine groups is 1. The molecule has 0 aliphatic rings. The molecule has 0 aromatic carbocycles. The summed E-state index contributed by atoms with van der Waals surface area (Å²) in [5.41, 5.74) is -0.261. The van der Waals surface area contributed by atoms with Crippen molar-refractivity contribution in [2.45, 2.75) is 32.5 Å². The van der Waals surface area contributed by atoms with Crippen molar-refractivity contribution < 1.29 is 18.0 Å². The standard InChI is InChI=1S/C11H21F3N4O.HI/c1-10(2,3)17-9(15-4)16-6-8(19)18(5)7-11(12,13)14;/h6-7H2,1-5H3,(H2,15,16,17);1H. The zero-order valence-electron chi connectivity index (χ0n) is 12.3. The van der Waals surface area contributed by atoms with E-state index in [0.717, 1.165) is 7.05 Å². The van der Waals surface area contributed by atoms with Gasteiger partial charge in [-0.25, -0.2) is 0 Å². The lowest BCUT2D eigenvalue weighted by Crippen LogP contribution is -2.50. The lowest BCUT2D eigenvalue weighted by Gasteiger charge is -2.24. The Balaban J connectivity index is 0. The number of nitrogens with one attached hydrogen (secondary N) is 2. The number of halogens is 4. The zero-order chi connectivity index (χ0) is 15.3. The molecule has 0 bridgehead atoms. The van der Waals surface area contributed by atoms with Crippen LogP contribution in [0, 0.1) is 0 Å². The van der Waals surface area contributed by atoms with Gasteiger partial charge in [-0.1, -0.05) is 0 Å². The number of carbonyl (C=O) groups is 1. The number of likely N-dealkylation sites (N-methyl/N-ethyl adjacent to an activating group) is 1. The fourth-order valence-electron chi connectivity index (χ4n) is 1.19. The van der Waals surface area contributed by atoms with Gasteiger partial charge < -0.3 is 15.5 Å². The summed E-state index contributed by atoms with van der Waals surface area (Å²) in [6.07, 6.45) is -4.39. The van der Waals surface area contributed by atoms with Crippen LogP contribution < -0.4 is 10.6 Å². The molecule has 0 fully saturated rings. The molecule has 0 unspecified atom stereocenters. The van der Waals surface area contributed by atoms with Crippen LogP contribution in [0.1, 0.15) is 20.8 Å². The highest BCUT2D eigenvalue weighted by Gasteiger charge is 2.31. The molecule has 0 radical (unpaired) electrons. The molecule has 0 aliphatic heterocycles. The van der Waals surface area contributed by atoms with Crippen LogP contribution in [0.2, 0.25) is 0 Å². The maximum atomic E-state index is 12.1. The molecule has 20 heavy (non-hydrogen) atoms. The highest BCUT2D eigenvalue weighted by atomic mass is 127. The molecule has 9 heteroatoms. The predicted octanol–water partition coefficient (Wildman–Crippen LogP) is 1.59. The SMILES string of the molecule is CN=C(NCC(=O)N(C)CC(F)(F)F)NC(C)(C)C.I. The molecule has 0 heterocycles. The van der Waals surface area contributed by atoms with Gasteiger partial charge in [-0.2, -0.15) is 13.2 Å². The predicted molar refractivity (Wildman–Crippen MR) is 83.4 cm³/mol. The van der Waals surface area contributed by atoms with Gasteiger partial charge in [0.25, 0.3) is 0 Å². The van der Waals surface area contributed by atoms with Crippen molar-refractivity contribution in [3.8, 4) is 0 Å². The molecule has 0 aromatic heterocycles. The second kappa shape index (κ2) is 8.53. The highest BCUT2D eigenvalue weighted by molar-refractivity contribution is 14.0. The van der Waals surface area contributed by atoms with Gasteiger partial charge >= 0.3 is 6.18 Å². The molecule has 2 N–H and O–H groups in total. The molecule has 0 rings (SSSR count). The summed E-state index contributed by atoms with van der Waals surface area (Å²) in [6, 6.07) is 0. The summed E-state index contributed by atoms with van der Waals surface area (Å²) in [4.78, 5) is 16.0. The van der Waals surface area contributed by atoms with Crippen molar-refractivity contribution >= 4 is 35.8 Å². The van der Waals surface area contributed by atoms with E-state index in [1.54, 1.807) is 0 Å². The number of hydrogen-bond acceptors (Lipinski definition) is 2. The average Bonchev–Trinajstić information content (AvgIpc) is 2.19. The quantitative estimate of drug-likeness (QED) is 0.422. The van der Waals surface area contributed by atoms with E-state index in [4.69, 9.17) is 0 Å². The van der Waals surface area contributed by atoms with Crippen molar-refractivity contribution in [3.05, 3.63) is 0 Å². The monoisotopic (exact) mass is 410 g/mol. The number of carbonyl (C=O) groups excluding carboxylic acids is 1. The average molecular weight is 410 g/mol. The summed E-state index contributed by atoms with van der Waals surface area (Å²) in [6.45, 7) is 4.19. The van der Waals surface area contributed by atoms with E-state index in [1.807, 2.05) is 20.8 Å². The molecule has 0 saturated carbocycles. The Hall–Kier alpha value is -0.740. The minimum atomic E-state index is -4.39. The minimum Gasteiger partial charge on any atom is -0.352 e. The number of alkyl halides is 3. The Morgan fingerprint density at radius 1 is 1.25 bits per heavy atom. The lowest BCUT2D eigenvalue weighted by molar-refractivity contribution is -0.157. The number of hydrogen-bond donors (Lipinski definition) is 2. The van der Waals surface area contributed by atoms with Gasteiger partial charge in [-0.05, 0) is 20.8 Å². The molecule has 5 nitrogen and oxygen atoms in total. The van der Waals surface area contributed by atoms with Crippen molar-refractivity contribution in [1.29, 1.82) is 0 Å². The molecule has 0 atom stereocenters. The molecule has 120 valence electrons. The maximum absolute atomic E-state index is 12.1. The molecule has 0 saturated heterocycles. The second-order valence-electron chi connectivity index (χ2n) is 5.17. The third kappa shape index (κ3) is 11.1. The number of nitrogens with zero attached hydrogens (tertiary/aromatic N) is 2. The molecule has 0 aliphatic carbocycles. The summed E-state index contributed by atoms with van der Waals surface area (Å²) in [5, 5.41) is 5.67. The van der Waals surface area contributed by atoms with Gasteiger partial charge in [-0.15, -0.1) is 24.0 Å². The fourth-order valence-corrected chi connectivity index (χ4v) is 1.19. The molecular weight excluding hydrogens is 388 g/mol. The van der Waals surface area contributed by atoms with Gasteiger partial charge in [0.05, 0.1) is 6.54 Å². The molecule has 1 amide bonds. The van der Waals surface area contributed by atoms with Crippen LogP contribution in [0.25, 0.3) is 0 Å². The van der Waals surface area contributed by atoms with E-state index >= 15 is 0 Å². The van der Waals surface area contributed by atoms with Crippen molar-refractivity contribution in [1.82, 2.24) is 15.5 Å². The molecular formula is C11H22F3IN4O. The summed E-state index contributed by atoms with van der Waals surface area (Å²) >= 11 is 0. The van der Waals surface area contributed by atoms with E-state index in [-0.39, 0.29) is 36.1 Å². The van der Waals surface area contributed by atoms with Gasteiger partial charge in [0.2, 0.25) is 5.91 Å². The Kier molecular flexibility index (Phi) is 9.19. The first-order chi connectivity index (χ1) is 8.44. The third-order valence-corrected chi connectivity index (χ3v) is 1.97. The van der Waals surface area contributed by atoms with Gasteiger partial charge in [0.1, 0.15) is 6.54 Å². The van der Waals surface area contributed by atoms with E-state index in [1.165, 1.54) is 7.05 Å².